The molecule has 2 rings (SSSR count). The highest BCUT2D eigenvalue weighted by Crippen LogP contribution is 2.21. The molecule has 1 N–H and O–H groups in total. The van der Waals surface area contributed by atoms with Gasteiger partial charge in [-0.15, -0.1) is 11.3 Å². The van der Waals surface area contributed by atoms with E-state index in [1.807, 2.05) is 13.0 Å². The number of ether oxygens (including phenoxy) is 1. The first-order valence-corrected chi connectivity index (χ1v) is 7.04. The second kappa shape index (κ2) is 6.54. The highest BCUT2D eigenvalue weighted by atomic mass is 35.5. The minimum atomic E-state index is -0.286. The average molecular weight is 309 g/mol. The normalized spacial score (nSPS) is 11.2. The van der Waals surface area contributed by atoms with E-state index < -0.39 is 0 Å². The molecule has 0 saturated heterocycles. The number of thiophene rings is 1. The fourth-order valence-electron chi connectivity index (χ4n) is 1.53. The van der Waals surface area contributed by atoms with Crippen LogP contribution in [0.2, 0.25) is 4.34 Å². The van der Waals surface area contributed by atoms with Gasteiger partial charge in [0.1, 0.15) is 5.75 Å². The van der Waals surface area contributed by atoms with Gasteiger partial charge in [-0.05, 0) is 37.3 Å². The second-order valence-corrected chi connectivity index (χ2v) is 5.69. The van der Waals surface area contributed by atoms with Crippen LogP contribution >= 0.6 is 22.9 Å². The summed E-state index contributed by atoms with van der Waals surface area (Å²) in [5, 5.41) is 4.07. The van der Waals surface area contributed by atoms with E-state index in [1.54, 1.807) is 37.4 Å². The molecule has 1 heterocycles. The third kappa shape index (κ3) is 3.59. The zero-order chi connectivity index (χ0) is 14.5. The van der Waals surface area contributed by atoms with Crippen molar-refractivity contribution in [1.82, 2.24) is 5.43 Å². The summed E-state index contributed by atoms with van der Waals surface area (Å²) >= 11 is 7.27. The first kappa shape index (κ1) is 14.6. The molecule has 2 aromatic rings. The molecule has 0 bridgehead atoms. The van der Waals surface area contributed by atoms with Gasteiger partial charge in [0.2, 0.25) is 0 Å². The summed E-state index contributed by atoms with van der Waals surface area (Å²) < 4.78 is 5.76. The van der Waals surface area contributed by atoms with Gasteiger partial charge >= 0.3 is 0 Å². The third-order valence-electron chi connectivity index (χ3n) is 2.59. The van der Waals surface area contributed by atoms with Crippen LogP contribution < -0.4 is 10.2 Å². The van der Waals surface area contributed by atoms with Crippen molar-refractivity contribution in [3.8, 4) is 5.75 Å². The molecule has 0 aliphatic heterocycles. The first-order valence-electron chi connectivity index (χ1n) is 5.84. The molecule has 6 heteroatoms. The molecule has 0 fully saturated rings. The average Bonchev–Trinajstić information content (AvgIpc) is 2.91. The number of carbonyl (C=O) groups is 1. The van der Waals surface area contributed by atoms with Crippen LogP contribution in [0.5, 0.6) is 5.75 Å². The van der Waals surface area contributed by atoms with Crippen molar-refractivity contribution < 1.29 is 9.53 Å². The lowest BCUT2D eigenvalue weighted by Gasteiger charge is -2.03. The largest absolute Gasteiger partial charge is 0.497 e. The molecule has 0 atom stereocenters. The first-order chi connectivity index (χ1) is 9.60. The van der Waals surface area contributed by atoms with Crippen LogP contribution in [-0.2, 0) is 0 Å². The van der Waals surface area contributed by atoms with Gasteiger partial charge in [0.15, 0.2) is 0 Å². The predicted molar refractivity (Wildman–Crippen MR) is 82.0 cm³/mol. The summed E-state index contributed by atoms with van der Waals surface area (Å²) in [6.07, 6.45) is 0. The van der Waals surface area contributed by atoms with E-state index in [0.29, 0.717) is 21.4 Å². The van der Waals surface area contributed by atoms with Crippen molar-refractivity contribution in [3.05, 3.63) is 51.2 Å². The van der Waals surface area contributed by atoms with Gasteiger partial charge in [-0.1, -0.05) is 17.7 Å². The monoisotopic (exact) mass is 308 g/mol. The molecule has 0 saturated carbocycles. The topological polar surface area (TPSA) is 50.7 Å². The molecular weight excluding hydrogens is 296 g/mol. The lowest BCUT2D eigenvalue weighted by atomic mass is 10.2. The fraction of sp³-hybridized carbons (Fsp3) is 0.143. The number of nitrogens with zero attached hydrogens (tertiary/aromatic N) is 1. The SMILES string of the molecule is COc1cccc(C(=O)NN=C(C)c2ccc(Cl)s2)c1. The van der Waals surface area contributed by atoms with Crippen molar-refractivity contribution in [1.29, 1.82) is 0 Å². The Kier molecular flexibility index (Phi) is 4.76. The summed E-state index contributed by atoms with van der Waals surface area (Å²) in [5.41, 5.74) is 3.71. The smallest absolute Gasteiger partial charge is 0.271 e. The number of carbonyl (C=O) groups excluding carboxylic acids is 1. The number of nitrogens with one attached hydrogen (secondary N) is 1. The van der Waals surface area contributed by atoms with Gasteiger partial charge in [-0.25, -0.2) is 5.43 Å². The van der Waals surface area contributed by atoms with E-state index >= 15 is 0 Å². The Morgan fingerprint density at radius 2 is 2.15 bits per heavy atom. The Balaban J connectivity index is 2.07. The van der Waals surface area contributed by atoms with Crippen molar-refractivity contribution >= 4 is 34.6 Å². The molecule has 0 aliphatic rings. The van der Waals surface area contributed by atoms with Crippen LogP contribution in [0.15, 0.2) is 41.5 Å². The molecule has 1 aromatic heterocycles. The molecule has 0 radical (unpaired) electrons. The number of hydrazone groups is 1. The lowest BCUT2D eigenvalue weighted by molar-refractivity contribution is 0.0954. The number of hydrogen-bond acceptors (Lipinski definition) is 4. The molecule has 20 heavy (non-hydrogen) atoms. The zero-order valence-electron chi connectivity index (χ0n) is 11.0. The van der Waals surface area contributed by atoms with Gasteiger partial charge in [0.05, 0.1) is 22.0 Å². The number of benzene rings is 1. The quantitative estimate of drug-likeness (QED) is 0.693. The third-order valence-corrected chi connectivity index (χ3v) is 3.93. The van der Waals surface area contributed by atoms with E-state index in [0.717, 1.165) is 4.88 Å². The highest BCUT2D eigenvalue weighted by molar-refractivity contribution is 7.18. The van der Waals surface area contributed by atoms with E-state index in [4.69, 9.17) is 16.3 Å². The van der Waals surface area contributed by atoms with Crippen molar-refractivity contribution in [2.24, 2.45) is 5.10 Å². The lowest BCUT2D eigenvalue weighted by Crippen LogP contribution is -2.19. The summed E-state index contributed by atoms with van der Waals surface area (Å²) in [4.78, 5) is 12.9. The van der Waals surface area contributed by atoms with E-state index in [-0.39, 0.29) is 5.91 Å². The number of amides is 1. The van der Waals surface area contributed by atoms with Gasteiger partial charge in [0.25, 0.3) is 5.91 Å². The minimum absolute atomic E-state index is 0.286. The highest BCUT2D eigenvalue weighted by Gasteiger charge is 2.07. The molecule has 0 aliphatic carbocycles. The molecule has 0 unspecified atom stereocenters. The predicted octanol–water partition coefficient (Wildman–Crippen LogP) is 3.56. The van der Waals surface area contributed by atoms with Gasteiger partial charge in [0, 0.05) is 5.56 Å². The molecule has 1 amide bonds. The van der Waals surface area contributed by atoms with Crippen molar-refractivity contribution in [3.63, 3.8) is 0 Å². The molecule has 104 valence electrons. The van der Waals surface area contributed by atoms with E-state index in [9.17, 15) is 4.79 Å². The maximum Gasteiger partial charge on any atom is 0.271 e. The van der Waals surface area contributed by atoms with Crippen LogP contribution in [0.1, 0.15) is 22.2 Å². The van der Waals surface area contributed by atoms with Gasteiger partial charge < -0.3 is 4.74 Å². The summed E-state index contributed by atoms with van der Waals surface area (Å²) in [7, 11) is 1.56. The van der Waals surface area contributed by atoms with Gasteiger partial charge in [-0.3, -0.25) is 4.79 Å². The van der Waals surface area contributed by atoms with Crippen LogP contribution in [0.3, 0.4) is 0 Å². The summed E-state index contributed by atoms with van der Waals surface area (Å²) in [5.74, 6) is 0.342. The second-order valence-electron chi connectivity index (χ2n) is 3.97. The maximum atomic E-state index is 12.0. The standard InChI is InChI=1S/C14H13ClN2O2S/c1-9(12-6-7-13(15)20-12)16-17-14(18)10-4-3-5-11(8-10)19-2/h3-8H,1-2H3,(H,17,18). The summed E-state index contributed by atoms with van der Waals surface area (Å²) in [6.45, 7) is 1.81. The summed E-state index contributed by atoms with van der Waals surface area (Å²) in [6, 6.07) is 10.5. The number of rotatable bonds is 4. The Morgan fingerprint density at radius 1 is 1.35 bits per heavy atom. The number of halogens is 1. The van der Waals surface area contributed by atoms with Crippen molar-refractivity contribution in [2.75, 3.05) is 7.11 Å². The Morgan fingerprint density at radius 3 is 2.80 bits per heavy atom. The van der Waals surface area contributed by atoms with Crippen LogP contribution in [0.25, 0.3) is 0 Å². The number of hydrogen-bond donors (Lipinski definition) is 1. The van der Waals surface area contributed by atoms with Crippen molar-refractivity contribution in [2.45, 2.75) is 6.92 Å². The van der Waals surface area contributed by atoms with Gasteiger partial charge in [-0.2, -0.15) is 5.10 Å². The van der Waals surface area contributed by atoms with E-state index in [1.165, 1.54) is 11.3 Å². The maximum absolute atomic E-state index is 12.0. The van der Waals surface area contributed by atoms with Crippen LogP contribution in [-0.4, -0.2) is 18.7 Å². The molecule has 0 spiro atoms. The molecule has 4 nitrogen and oxygen atoms in total. The number of methoxy groups -OCH3 is 1. The van der Waals surface area contributed by atoms with Crippen LogP contribution in [0, 0.1) is 0 Å². The Hall–Kier alpha value is -1.85. The minimum Gasteiger partial charge on any atom is -0.497 e. The zero-order valence-corrected chi connectivity index (χ0v) is 12.6. The van der Waals surface area contributed by atoms with E-state index in [2.05, 4.69) is 10.5 Å². The molecule has 1 aromatic carbocycles. The Bertz CT molecular complexity index is 652. The fourth-order valence-corrected chi connectivity index (χ4v) is 2.52. The van der Waals surface area contributed by atoms with Crippen LogP contribution in [0.4, 0.5) is 0 Å². The molecular formula is C14H13ClN2O2S. The Labute approximate surface area is 126 Å².